The van der Waals surface area contributed by atoms with E-state index in [-0.39, 0.29) is 18.8 Å². The monoisotopic (exact) mass is 159 g/mol. The Balaban J connectivity index is 3.60. The van der Waals surface area contributed by atoms with Crippen LogP contribution in [0.25, 0.3) is 0 Å². The molecule has 0 unspecified atom stereocenters. The predicted octanol–water partition coefficient (Wildman–Crippen LogP) is -0.674. The fraction of sp³-hybridized carbons (Fsp3) is 0.714. The van der Waals surface area contributed by atoms with Gasteiger partial charge in [0.25, 0.3) is 0 Å². The summed E-state index contributed by atoms with van der Waals surface area (Å²) in [5.74, 6) is -1.74. The number of carboxylic acid groups (broad SMARTS) is 1. The van der Waals surface area contributed by atoms with Gasteiger partial charge in [0, 0.05) is 12.4 Å². The lowest BCUT2D eigenvalue weighted by Gasteiger charge is -2.09. The molecule has 0 saturated heterocycles. The van der Waals surface area contributed by atoms with Crippen LogP contribution in [0.15, 0.2) is 0 Å². The topological polar surface area (TPSA) is 66.4 Å². The lowest BCUT2D eigenvalue weighted by molar-refractivity contribution is -0.306. The highest BCUT2D eigenvalue weighted by Crippen LogP contribution is 2.06. The van der Waals surface area contributed by atoms with Crippen molar-refractivity contribution in [2.45, 2.75) is 19.8 Å². The van der Waals surface area contributed by atoms with Crippen molar-refractivity contribution in [2.24, 2.45) is 5.92 Å². The van der Waals surface area contributed by atoms with Gasteiger partial charge in [0.1, 0.15) is 0 Å². The molecule has 0 aromatic rings. The first kappa shape index (κ1) is 9.94. The van der Waals surface area contributed by atoms with E-state index < -0.39 is 11.9 Å². The highest BCUT2D eigenvalue weighted by molar-refractivity contribution is 5.71. The highest BCUT2D eigenvalue weighted by Gasteiger charge is 2.08. The highest BCUT2D eigenvalue weighted by atomic mass is 16.5. The van der Waals surface area contributed by atoms with Crippen LogP contribution in [0.2, 0.25) is 0 Å². The second-order valence-corrected chi connectivity index (χ2v) is 2.46. The molecule has 0 aliphatic rings. The van der Waals surface area contributed by atoms with E-state index >= 15 is 0 Å². The van der Waals surface area contributed by atoms with Crippen molar-refractivity contribution < 1.29 is 19.4 Å². The number of methoxy groups -OCH3 is 1. The zero-order valence-electron chi connectivity index (χ0n) is 6.62. The molecule has 0 aliphatic heterocycles. The van der Waals surface area contributed by atoms with Crippen molar-refractivity contribution in [1.82, 2.24) is 0 Å². The maximum absolute atomic E-state index is 10.6. The summed E-state index contributed by atoms with van der Waals surface area (Å²) in [7, 11) is 1.27. The number of hydrogen-bond acceptors (Lipinski definition) is 4. The van der Waals surface area contributed by atoms with E-state index in [0.717, 1.165) is 0 Å². The molecule has 11 heavy (non-hydrogen) atoms. The van der Waals surface area contributed by atoms with Crippen LogP contribution in [0, 0.1) is 5.92 Å². The molecular weight excluding hydrogens is 148 g/mol. The number of carboxylic acids is 1. The first-order valence-corrected chi connectivity index (χ1v) is 3.33. The van der Waals surface area contributed by atoms with Crippen molar-refractivity contribution in [3.8, 4) is 0 Å². The minimum absolute atomic E-state index is 0.102. The first-order chi connectivity index (χ1) is 5.06. The van der Waals surface area contributed by atoms with Crippen molar-refractivity contribution in [1.29, 1.82) is 0 Å². The van der Waals surface area contributed by atoms with E-state index in [2.05, 4.69) is 4.74 Å². The molecule has 1 atom stereocenters. The van der Waals surface area contributed by atoms with Gasteiger partial charge in [-0.1, -0.05) is 6.92 Å². The van der Waals surface area contributed by atoms with Gasteiger partial charge in [-0.3, -0.25) is 4.79 Å². The van der Waals surface area contributed by atoms with Crippen LogP contribution in [0.4, 0.5) is 0 Å². The van der Waals surface area contributed by atoms with Gasteiger partial charge in [-0.25, -0.2) is 0 Å². The number of rotatable bonds is 4. The van der Waals surface area contributed by atoms with Crippen LogP contribution in [0.1, 0.15) is 19.8 Å². The number of aliphatic carboxylic acids is 1. The van der Waals surface area contributed by atoms with Gasteiger partial charge in [0.2, 0.25) is 0 Å². The van der Waals surface area contributed by atoms with Crippen LogP contribution in [0.3, 0.4) is 0 Å². The van der Waals surface area contributed by atoms with Gasteiger partial charge in [-0.05, 0) is 12.3 Å². The average molecular weight is 159 g/mol. The summed E-state index contributed by atoms with van der Waals surface area (Å²) < 4.78 is 4.35. The molecule has 0 N–H and O–H groups in total. The maximum Gasteiger partial charge on any atom is 0.305 e. The molecule has 0 amide bonds. The molecule has 0 aliphatic carbocycles. The fourth-order valence-corrected chi connectivity index (χ4v) is 0.725. The molecule has 0 aromatic heterocycles. The van der Waals surface area contributed by atoms with Crippen LogP contribution >= 0.6 is 0 Å². The molecule has 0 saturated carbocycles. The minimum Gasteiger partial charge on any atom is -0.550 e. The van der Waals surface area contributed by atoms with Crippen LogP contribution in [0.5, 0.6) is 0 Å². The lowest BCUT2D eigenvalue weighted by atomic mass is 10.0. The standard InChI is InChI=1S/C7H12O4/c1-5(3-6(8)9)4-7(10)11-2/h5H,3-4H2,1-2H3,(H,8,9)/p-1/t5-/m0/s1. The normalized spacial score (nSPS) is 12.2. The zero-order chi connectivity index (χ0) is 8.85. The SMILES string of the molecule is COC(=O)C[C@@H](C)CC(=O)[O-]. The molecule has 0 bridgehead atoms. The van der Waals surface area contributed by atoms with Gasteiger partial charge in [0.05, 0.1) is 7.11 Å². The third-order valence-electron chi connectivity index (χ3n) is 1.26. The summed E-state index contributed by atoms with van der Waals surface area (Å²) in [5.41, 5.74) is 0. The summed E-state index contributed by atoms with van der Waals surface area (Å²) in [6.07, 6.45) is 0.0274. The largest absolute Gasteiger partial charge is 0.550 e. The molecule has 0 rings (SSSR count). The summed E-state index contributed by atoms with van der Waals surface area (Å²) in [6.45, 7) is 1.66. The maximum atomic E-state index is 10.6. The van der Waals surface area contributed by atoms with Gasteiger partial charge in [-0.15, -0.1) is 0 Å². The second-order valence-electron chi connectivity index (χ2n) is 2.46. The van der Waals surface area contributed by atoms with E-state index in [1.807, 2.05) is 0 Å². The third kappa shape index (κ3) is 5.39. The fourth-order valence-electron chi connectivity index (χ4n) is 0.725. The quantitative estimate of drug-likeness (QED) is 0.510. The van der Waals surface area contributed by atoms with Gasteiger partial charge < -0.3 is 14.6 Å². The molecular formula is C7H11O4-. The smallest absolute Gasteiger partial charge is 0.305 e. The van der Waals surface area contributed by atoms with Crippen LogP contribution in [-0.2, 0) is 14.3 Å². The summed E-state index contributed by atoms with van der Waals surface area (Å²) in [6, 6.07) is 0. The average Bonchev–Trinajstić information content (AvgIpc) is 1.85. The van der Waals surface area contributed by atoms with Crippen LogP contribution < -0.4 is 5.11 Å². The zero-order valence-corrected chi connectivity index (χ0v) is 6.62. The Kier molecular flexibility index (Phi) is 4.26. The van der Waals surface area contributed by atoms with Gasteiger partial charge in [-0.2, -0.15) is 0 Å². The second kappa shape index (κ2) is 4.71. The predicted molar refractivity (Wildman–Crippen MR) is 35.4 cm³/mol. The first-order valence-electron chi connectivity index (χ1n) is 3.33. The Hall–Kier alpha value is -1.06. The molecule has 0 spiro atoms. The van der Waals surface area contributed by atoms with E-state index in [1.165, 1.54) is 7.11 Å². The van der Waals surface area contributed by atoms with Crippen LogP contribution in [-0.4, -0.2) is 19.0 Å². The molecule has 64 valence electrons. The number of hydrogen-bond donors (Lipinski definition) is 0. The summed E-state index contributed by atoms with van der Waals surface area (Å²) in [4.78, 5) is 20.6. The molecule has 0 aromatic carbocycles. The van der Waals surface area contributed by atoms with E-state index in [4.69, 9.17) is 0 Å². The van der Waals surface area contributed by atoms with E-state index in [0.29, 0.717) is 0 Å². The van der Waals surface area contributed by atoms with Crippen molar-refractivity contribution in [3.05, 3.63) is 0 Å². The number of ether oxygens (including phenoxy) is 1. The molecule has 0 fully saturated rings. The number of esters is 1. The van der Waals surface area contributed by atoms with Crippen molar-refractivity contribution in [3.63, 3.8) is 0 Å². The van der Waals surface area contributed by atoms with E-state index in [9.17, 15) is 14.7 Å². The Bertz CT molecular complexity index is 153. The Morgan fingerprint density at radius 3 is 2.36 bits per heavy atom. The Morgan fingerprint density at radius 1 is 1.45 bits per heavy atom. The minimum atomic E-state index is -1.14. The Morgan fingerprint density at radius 2 is 2.00 bits per heavy atom. The Labute approximate surface area is 65.2 Å². The molecule has 0 heterocycles. The number of carbonyl (C=O) groups is 2. The molecule has 0 radical (unpaired) electrons. The van der Waals surface area contributed by atoms with Gasteiger partial charge in [0.15, 0.2) is 0 Å². The van der Waals surface area contributed by atoms with Gasteiger partial charge >= 0.3 is 5.97 Å². The summed E-state index contributed by atoms with van der Waals surface area (Å²) >= 11 is 0. The third-order valence-corrected chi connectivity index (χ3v) is 1.26. The summed E-state index contributed by atoms with van der Waals surface area (Å²) in [5, 5.41) is 10.0. The molecule has 4 nitrogen and oxygen atoms in total. The van der Waals surface area contributed by atoms with Crippen molar-refractivity contribution in [2.75, 3.05) is 7.11 Å². The number of carbonyl (C=O) groups excluding carboxylic acids is 2. The van der Waals surface area contributed by atoms with E-state index in [1.54, 1.807) is 6.92 Å². The lowest BCUT2D eigenvalue weighted by Crippen LogP contribution is -2.25. The molecule has 4 heteroatoms. The van der Waals surface area contributed by atoms with Crippen molar-refractivity contribution >= 4 is 11.9 Å².